The molecule has 0 aliphatic carbocycles. The summed E-state index contributed by atoms with van der Waals surface area (Å²) in [6, 6.07) is 8.50. The van der Waals surface area contributed by atoms with Gasteiger partial charge in [-0.05, 0) is 44.1 Å². The van der Waals surface area contributed by atoms with E-state index in [-0.39, 0.29) is 0 Å². The van der Waals surface area contributed by atoms with Gasteiger partial charge in [0, 0.05) is 24.8 Å². The fourth-order valence-electron chi connectivity index (χ4n) is 2.85. The maximum atomic E-state index is 12.3. The van der Waals surface area contributed by atoms with Crippen molar-refractivity contribution < 1.29 is 4.79 Å². The van der Waals surface area contributed by atoms with Gasteiger partial charge in [0.05, 0.1) is 0 Å². The van der Waals surface area contributed by atoms with E-state index < -0.39 is 0 Å². The summed E-state index contributed by atoms with van der Waals surface area (Å²) >= 11 is 3.51. The van der Waals surface area contributed by atoms with E-state index in [4.69, 9.17) is 0 Å². The van der Waals surface area contributed by atoms with Gasteiger partial charge >= 0.3 is 0 Å². The molecule has 1 unspecified atom stereocenters. The second-order valence-corrected chi connectivity index (χ2v) is 6.60. The average molecular weight is 338 g/mol. The van der Waals surface area contributed by atoms with E-state index in [0.717, 1.165) is 31.3 Å². The Balaban J connectivity index is 1.80. The lowest BCUT2D eigenvalue weighted by Crippen LogP contribution is -2.40. The first-order valence-corrected chi connectivity index (χ1v) is 8.70. The van der Waals surface area contributed by atoms with Crippen molar-refractivity contribution in [2.24, 2.45) is 5.92 Å². The van der Waals surface area contributed by atoms with Gasteiger partial charge in [-0.3, -0.25) is 4.79 Å². The van der Waals surface area contributed by atoms with Crippen LogP contribution in [0.4, 0.5) is 0 Å². The predicted octanol–water partition coefficient (Wildman–Crippen LogP) is 3.95. The Bertz CT molecular complexity index is 427. The highest BCUT2D eigenvalue weighted by molar-refractivity contribution is 9.09. The molecule has 1 aliphatic rings. The number of carbonyl (C=O) groups is 1. The monoisotopic (exact) mass is 337 g/mol. The number of likely N-dealkylation sites (tertiary alicyclic amines) is 1. The number of nitrogens with zero attached hydrogens (tertiary/aromatic N) is 1. The fraction of sp³-hybridized carbons (Fsp3) is 0.588. The van der Waals surface area contributed by atoms with Gasteiger partial charge in [-0.15, -0.1) is 0 Å². The molecule has 1 heterocycles. The van der Waals surface area contributed by atoms with Gasteiger partial charge < -0.3 is 4.90 Å². The average Bonchev–Trinajstić information content (AvgIpc) is 2.47. The number of hydrogen-bond acceptors (Lipinski definition) is 1. The molecule has 1 aliphatic heterocycles. The van der Waals surface area contributed by atoms with E-state index in [1.165, 1.54) is 24.0 Å². The Morgan fingerprint density at radius 3 is 2.80 bits per heavy atom. The topological polar surface area (TPSA) is 20.3 Å². The van der Waals surface area contributed by atoms with Crippen LogP contribution in [0.1, 0.15) is 36.8 Å². The first-order chi connectivity index (χ1) is 9.69. The van der Waals surface area contributed by atoms with E-state index in [9.17, 15) is 4.79 Å². The molecule has 110 valence electrons. The van der Waals surface area contributed by atoms with Gasteiger partial charge in [0.2, 0.25) is 5.91 Å². The summed E-state index contributed by atoms with van der Waals surface area (Å²) in [5.74, 6) is 1.01. The molecule has 0 spiro atoms. The molecule has 0 N–H and O–H groups in total. The van der Waals surface area contributed by atoms with E-state index in [2.05, 4.69) is 52.0 Å². The number of hydrogen-bond donors (Lipinski definition) is 0. The Morgan fingerprint density at radius 2 is 2.10 bits per heavy atom. The number of halogens is 1. The zero-order valence-corrected chi connectivity index (χ0v) is 13.9. The van der Waals surface area contributed by atoms with Crippen LogP contribution in [-0.2, 0) is 11.2 Å². The Kier molecular flexibility index (Phi) is 6.08. The molecule has 1 aromatic rings. The van der Waals surface area contributed by atoms with Crippen LogP contribution < -0.4 is 0 Å². The fourth-order valence-corrected chi connectivity index (χ4v) is 3.49. The highest BCUT2D eigenvalue weighted by Gasteiger charge is 2.22. The van der Waals surface area contributed by atoms with Crippen molar-refractivity contribution in [3.05, 3.63) is 35.4 Å². The number of piperidine rings is 1. The van der Waals surface area contributed by atoms with Crippen LogP contribution in [0, 0.1) is 12.8 Å². The zero-order valence-electron chi connectivity index (χ0n) is 12.3. The molecule has 0 saturated carbocycles. The molecule has 1 saturated heterocycles. The molecular weight excluding hydrogens is 314 g/mol. The van der Waals surface area contributed by atoms with Gasteiger partial charge in [0.15, 0.2) is 0 Å². The molecular formula is C17H24BrNO. The second kappa shape index (κ2) is 7.82. The lowest BCUT2D eigenvalue weighted by molar-refractivity contribution is -0.133. The van der Waals surface area contributed by atoms with Crippen molar-refractivity contribution in [1.82, 2.24) is 4.90 Å². The Hall–Kier alpha value is -0.830. The summed E-state index contributed by atoms with van der Waals surface area (Å²) in [4.78, 5) is 14.4. The molecule has 0 aromatic heterocycles. The molecule has 0 radical (unpaired) electrons. The number of carbonyl (C=O) groups excluding carboxylic acids is 1. The smallest absolute Gasteiger partial charge is 0.222 e. The van der Waals surface area contributed by atoms with Gasteiger partial charge in [0.1, 0.15) is 0 Å². The van der Waals surface area contributed by atoms with Crippen molar-refractivity contribution in [3.8, 4) is 0 Å². The molecule has 2 nitrogen and oxygen atoms in total. The van der Waals surface area contributed by atoms with E-state index in [1.54, 1.807) is 0 Å². The number of amides is 1. The first-order valence-electron chi connectivity index (χ1n) is 7.58. The normalized spacial score (nSPS) is 19.1. The lowest BCUT2D eigenvalue weighted by atomic mass is 9.95. The second-order valence-electron chi connectivity index (χ2n) is 5.81. The largest absolute Gasteiger partial charge is 0.342 e. The highest BCUT2D eigenvalue weighted by atomic mass is 79.9. The van der Waals surface area contributed by atoms with Crippen molar-refractivity contribution in [2.75, 3.05) is 18.4 Å². The molecule has 3 heteroatoms. The summed E-state index contributed by atoms with van der Waals surface area (Å²) < 4.78 is 0. The van der Waals surface area contributed by atoms with Crippen molar-refractivity contribution in [2.45, 2.75) is 39.0 Å². The molecule has 2 rings (SSSR count). The van der Waals surface area contributed by atoms with Crippen LogP contribution in [0.3, 0.4) is 0 Å². The molecule has 1 amide bonds. The lowest BCUT2D eigenvalue weighted by Gasteiger charge is -2.32. The van der Waals surface area contributed by atoms with Gasteiger partial charge in [-0.2, -0.15) is 0 Å². The molecule has 1 fully saturated rings. The summed E-state index contributed by atoms with van der Waals surface area (Å²) in [5, 5.41) is 1.04. The van der Waals surface area contributed by atoms with Gasteiger partial charge in [-0.25, -0.2) is 0 Å². The molecule has 20 heavy (non-hydrogen) atoms. The summed E-state index contributed by atoms with van der Waals surface area (Å²) in [6.07, 6.45) is 5.12. The maximum Gasteiger partial charge on any atom is 0.222 e. The number of aryl methyl sites for hydroxylation is 2. The molecule has 1 atom stereocenters. The van der Waals surface area contributed by atoms with Crippen molar-refractivity contribution in [1.29, 1.82) is 0 Å². The third kappa shape index (κ3) is 4.62. The third-order valence-corrected chi connectivity index (χ3v) is 4.60. The van der Waals surface area contributed by atoms with Crippen LogP contribution in [0.2, 0.25) is 0 Å². The Labute approximate surface area is 130 Å². The molecule has 0 bridgehead atoms. The van der Waals surface area contributed by atoms with E-state index in [1.807, 2.05) is 0 Å². The van der Waals surface area contributed by atoms with Crippen LogP contribution in [0.15, 0.2) is 24.3 Å². The summed E-state index contributed by atoms with van der Waals surface area (Å²) in [6.45, 7) is 4.00. The first kappa shape index (κ1) is 15.6. The van der Waals surface area contributed by atoms with Crippen LogP contribution in [-0.4, -0.2) is 29.2 Å². The number of benzene rings is 1. The maximum absolute atomic E-state index is 12.3. The van der Waals surface area contributed by atoms with Crippen molar-refractivity contribution in [3.63, 3.8) is 0 Å². The van der Waals surface area contributed by atoms with E-state index in [0.29, 0.717) is 18.2 Å². The van der Waals surface area contributed by atoms with Crippen molar-refractivity contribution >= 4 is 21.8 Å². The zero-order chi connectivity index (χ0) is 14.4. The third-order valence-electron chi connectivity index (χ3n) is 4.14. The number of rotatable bonds is 5. The van der Waals surface area contributed by atoms with Crippen LogP contribution in [0.25, 0.3) is 0 Å². The minimum absolute atomic E-state index is 0.324. The predicted molar refractivity (Wildman–Crippen MR) is 87.2 cm³/mol. The summed E-state index contributed by atoms with van der Waals surface area (Å²) in [7, 11) is 0. The van der Waals surface area contributed by atoms with Crippen LogP contribution >= 0.6 is 15.9 Å². The quantitative estimate of drug-likeness (QED) is 0.745. The Morgan fingerprint density at radius 1 is 1.35 bits per heavy atom. The minimum Gasteiger partial charge on any atom is -0.342 e. The van der Waals surface area contributed by atoms with Crippen LogP contribution in [0.5, 0.6) is 0 Å². The number of alkyl halides is 1. The van der Waals surface area contributed by atoms with E-state index >= 15 is 0 Å². The minimum atomic E-state index is 0.324. The standard InChI is InChI=1S/C17H24BrNO/c1-14-4-6-15(7-5-14)8-9-17(20)19-12-2-3-16(13-19)10-11-18/h4-7,16H,2-3,8-13H2,1H3. The SMILES string of the molecule is Cc1ccc(CCC(=O)N2CCCC(CCBr)C2)cc1. The van der Waals surface area contributed by atoms with Gasteiger partial charge in [-0.1, -0.05) is 45.8 Å². The summed E-state index contributed by atoms with van der Waals surface area (Å²) in [5.41, 5.74) is 2.53. The highest BCUT2D eigenvalue weighted by Crippen LogP contribution is 2.21. The molecule has 1 aromatic carbocycles. The van der Waals surface area contributed by atoms with Gasteiger partial charge in [0.25, 0.3) is 0 Å².